The molecule has 1 fully saturated rings. The lowest BCUT2D eigenvalue weighted by Crippen LogP contribution is -2.39. The maximum atomic E-state index is 12.3. The number of benzene rings is 1. The number of hydrogen-bond acceptors (Lipinski definition) is 5. The highest BCUT2D eigenvalue weighted by Gasteiger charge is 2.23. The summed E-state index contributed by atoms with van der Waals surface area (Å²) in [7, 11) is 1.62. The van der Waals surface area contributed by atoms with Gasteiger partial charge in [0.1, 0.15) is 11.5 Å². The van der Waals surface area contributed by atoms with Gasteiger partial charge in [-0.25, -0.2) is 0 Å². The van der Waals surface area contributed by atoms with Crippen LogP contribution in [0.3, 0.4) is 0 Å². The summed E-state index contributed by atoms with van der Waals surface area (Å²) >= 11 is 1.76. The molecule has 1 N–H and O–H groups in total. The Labute approximate surface area is 165 Å². The van der Waals surface area contributed by atoms with E-state index in [0.717, 1.165) is 18.8 Å². The van der Waals surface area contributed by atoms with Crippen LogP contribution in [0.2, 0.25) is 0 Å². The van der Waals surface area contributed by atoms with E-state index >= 15 is 0 Å². The van der Waals surface area contributed by atoms with Crippen LogP contribution in [0.4, 0.5) is 0 Å². The van der Waals surface area contributed by atoms with Gasteiger partial charge >= 0.3 is 0 Å². The van der Waals surface area contributed by atoms with Gasteiger partial charge in [-0.3, -0.25) is 9.69 Å². The van der Waals surface area contributed by atoms with Gasteiger partial charge in [-0.15, -0.1) is 11.3 Å². The molecule has 27 heavy (non-hydrogen) atoms. The van der Waals surface area contributed by atoms with E-state index in [4.69, 9.17) is 9.47 Å². The van der Waals surface area contributed by atoms with Crippen LogP contribution in [-0.4, -0.2) is 44.2 Å². The van der Waals surface area contributed by atoms with Gasteiger partial charge in [-0.1, -0.05) is 18.9 Å². The van der Waals surface area contributed by atoms with Crippen molar-refractivity contribution in [2.24, 2.45) is 0 Å². The van der Waals surface area contributed by atoms with E-state index in [2.05, 4.69) is 27.7 Å². The van der Waals surface area contributed by atoms with Gasteiger partial charge in [0.15, 0.2) is 6.61 Å². The molecular weight excluding hydrogens is 360 g/mol. The normalized spacial score (nSPS) is 16.3. The molecule has 3 rings (SSSR count). The van der Waals surface area contributed by atoms with Crippen molar-refractivity contribution in [1.29, 1.82) is 0 Å². The first-order valence-electron chi connectivity index (χ1n) is 9.57. The summed E-state index contributed by atoms with van der Waals surface area (Å²) in [6.07, 6.45) is 5.07. The smallest absolute Gasteiger partial charge is 0.258 e. The Bertz CT molecular complexity index is 680. The standard InChI is InChI=1S/C21H28N2O3S/c1-25-17-8-10-18(11-9-17)26-16-21(24)22-15-19(20-7-6-14-27-20)23-12-4-2-3-5-13-23/h6-11,14,19H,2-5,12-13,15-16H2,1H3,(H,22,24). The van der Waals surface area contributed by atoms with Crippen LogP contribution in [0.1, 0.15) is 36.6 Å². The molecular formula is C21H28N2O3S. The molecule has 0 bridgehead atoms. The first kappa shape index (κ1) is 19.7. The van der Waals surface area contributed by atoms with Crippen LogP contribution < -0.4 is 14.8 Å². The Hall–Kier alpha value is -2.05. The number of hydrogen-bond donors (Lipinski definition) is 1. The molecule has 0 aliphatic carbocycles. The van der Waals surface area contributed by atoms with Crippen LogP contribution in [-0.2, 0) is 4.79 Å². The first-order chi connectivity index (χ1) is 13.3. The van der Waals surface area contributed by atoms with E-state index in [1.165, 1.54) is 30.6 Å². The van der Waals surface area contributed by atoms with E-state index in [-0.39, 0.29) is 18.6 Å². The van der Waals surface area contributed by atoms with Crippen molar-refractivity contribution < 1.29 is 14.3 Å². The summed E-state index contributed by atoms with van der Waals surface area (Å²) in [4.78, 5) is 16.1. The number of methoxy groups -OCH3 is 1. The summed E-state index contributed by atoms with van der Waals surface area (Å²) < 4.78 is 10.7. The minimum atomic E-state index is -0.0952. The van der Waals surface area contributed by atoms with Gasteiger partial charge < -0.3 is 14.8 Å². The molecule has 1 aliphatic rings. The SMILES string of the molecule is COc1ccc(OCC(=O)NCC(c2cccs2)N2CCCCCC2)cc1. The average Bonchev–Trinajstić information content (AvgIpc) is 3.10. The van der Waals surface area contributed by atoms with Crippen molar-refractivity contribution in [3.05, 3.63) is 46.7 Å². The molecule has 1 amide bonds. The monoisotopic (exact) mass is 388 g/mol. The second-order valence-corrected chi connectivity index (χ2v) is 7.73. The highest BCUT2D eigenvalue weighted by molar-refractivity contribution is 7.10. The summed E-state index contributed by atoms with van der Waals surface area (Å²) in [6.45, 7) is 2.83. The Morgan fingerprint density at radius 1 is 1.11 bits per heavy atom. The van der Waals surface area contributed by atoms with Crippen molar-refractivity contribution in [2.75, 3.05) is 33.4 Å². The number of carbonyl (C=O) groups excluding carboxylic acids is 1. The van der Waals surface area contributed by atoms with Crippen molar-refractivity contribution in [3.63, 3.8) is 0 Å². The predicted molar refractivity (Wildman–Crippen MR) is 109 cm³/mol. The first-order valence-corrected chi connectivity index (χ1v) is 10.5. The second kappa shape index (κ2) is 10.3. The van der Waals surface area contributed by atoms with Crippen molar-refractivity contribution >= 4 is 17.2 Å². The van der Waals surface area contributed by atoms with E-state index < -0.39 is 0 Å². The number of rotatable bonds is 8. The molecule has 1 unspecified atom stereocenters. The van der Waals surface area contributed by atoms with Crippen LogP contribution in [0.15, 0.2) is 41.8 Å². The third-order valence-corrected chi connectivity index (χ3v) is 5.85. The number of nitrogens with zero attached hydrogens (tertiary/aromatic N) is 1. The van der Waals surface area contributed by atoms with Crippen molar-refractivity contribution in [2.45, 2.75) is 31.7 Å². The number of nitrogens with one attached hydrogen (secondary N) is 1. The molecule has 6 heteroatoms. The zero-order chi connectivity index (χ0) is 18.9. The van der Waals surface area contributed by atoms with Gasteiger partial charge in [0.2, 0.25) is 0 Å². The van der Waals surface area contributed by atoms with Crippen LogP contribution in [0, 0.1) is 0 Å². The zero-order valence-corrected chi connectivity index (χ0v) is 16.7. The summed E-state index contributed by atoms with van der Waals surface area (Å²) in [6, 6.07) is 11.7. The number of amides is 1. The molecule has 2 heterocycles. The summed E-state index contributed by atoms with van der Waals surface area (Å²) in [5, 5.41) is 5.16. The molecule has 1 aromatic carbocycles. The lowest BCUT2D eigenvalue weighted by molar-refractivity contribution is -0.123. The number of likely N-dealkylation sites (tertiary alicyclic amines) is 1. The minimum absolute atomic E-state index is 0.0174. The van der Waals surface area contributed by atoms with E-state index in [9.17, 15) is 4.79 Å². The molecule has 1 atom stereocenters. The Balaban J connectivity index is 1.52. The molecule has 1 aliphatic heterocycles. The van der Waals surface area contributed by atoms with Gasteiger partial charge in [0.05, 0.1) is 13.2 Å². The van der Waals surface area contributed by atoms with Gasteiger partial charge in [0.25, 0.3) is 5.91 Å². The largest absolute Gasteiger partial charge is 0.497 e. The summed E-state index contributed by atoms with van der Waals surface area (Å²) in [5.74, 6) is 1.33. The Kier molecular flexibility index (Phi) is 7.54. The fourth-order valence-corrected chi connectivity index (χ4v) is 4.24. The third-order valence-electron chi connectivity index (χ3n) is 4.87. The van der Waals surface area contributed by atoms with Crippen molar-refractivity contribution in [3.8, 4) is 11.5 Å². The highest BCUT2D eigenvalue weighted by atomic mass is 32.1. The lowest BCUT2D eigenvalue weighted by Gasteiger charge is -2.30. The highest BCUT2D eigenvalue weighted by Crippen LogP contribution is 2.27. The van der Waals surface area contributed by atoms with Gasteiger partial charge in [-0.05, 0) is 61.6 Å². The maximum absolute atomic E-state index is 12.3. The van der Waals surface area contributed by atoms with Crippen LogP contribution in [0.5, 0.6) is 11.5 Å². The van der Waals surface area contributed by atoms with Crippen molar-refractivity contribution in [1.82, 2.24) is 10.2 Å². The fraction of sp³-hybridized carbons (Fsp3) is 0.476. The number of ether oxygens (including phenoxy) is 2. The average molecular weight is 389 g/mol. The lowest BCUT2D eigenvalue weighted by atomic mass is 10.2. The third kappa shape index (κ3) is 5.97. The summed E-state index contributed by atoms with van der Waals surface area (Å²) in [5.41, 5.74) is 0. The number of thiophene rings is 1. The predicted octanol–water partition coefficient (Wildman–Crippen LogP) is 3.87. The maximum Gasteiger partial charge on any atom is 0.258 e. The molecule has 2 aromatic rings. The Morgan fingerprint density at radius 3 is 2.44 bits per heavy atom. The van der Waals surface area contributed by atoms with E-state index in [1.54, 1.807) is 30.6 Å². The minimum Gasteiger partial charge on any atom is -0.497 e. The molecule has 1 aromatic heterocycles. The number of carbonyl (C=O) groups is 1. The van der Waals surface area contributed by atoms with E-state index in [0.29, 0.717) is 12.3 Å². The Morgan fingerprint density at radius 2 is 1.81 bits per heavy atom. The second-order valence-electron chi connectivity index (χ2n) is 6.75. The topological polar surface area (TPSA) is 50.8 Å². The van der Waals surface area contributed by atoms with Gasteiger partial charge in [-0.2, -0.15) is 0 Å². The fourth-order valence-electron chi connectivity index (χ4n) is 3.38. The molecule has 1 saturated heterocycles. The molecule has 5 nitrogen and oxygen atoms in total. The quantitative estimate of drug-likeness (QED) is 0.746. The van der Waals surface area contributed by atoms with Crippen LogP contribution in [0.25, 0.3) is 0 Å². The van der Waals surface area contributed by atoms with E-state index in [1.807, 2.05) is 12.1 Å². The molecule has 0 spiro atoms. The molecule has 146 valence electrons. The molecule has 0 saturated carbocycles. The van der Waals surface area contributed by atoms with Crippen LogP contribution >= 0.6 is 11.3 Å². The molecule has 0 radical (unpaired) electrons. The zero-order valence-electron chi connectivity index (χ0n) is 15.9. The van der Waals surface area contributed by atoms with Gasteiger partial charge in [0, 0.05) is 11.4 Å².